The van der Waals surface area contributed by atoms with E-state index < -0.39 is 0 Å². The lowest BCUT2D eigenvalue weighted by Gasteiger charge is -2.09. The second-order valence-electron chi connectivity index (χ2n) is 6.23. The van der Waals surface area contributed by atoms with Crippen LogP contribution in [0.2, 0.25) is 0 Å². The van der Waals surface area contributed by atoms with Crippen molar-refractivity contribution in [2.24, 2.45) is 0 Å². The number of hydrogen-bond acceptors (Lipinski definition) is 7. The van der Waals surface area contributed by atoms with Gasteiger partial charge in [0, 0.05) is 10.9 Å². The molecule has 1 aliphatic rings. The van der Waals surface area contributed by atoms with Crippen molar-refractivity contribution in [3.05, 3.63) is 45.3 Å². The molecule has 4 rings (SSSR count). The Labute approximate surface area is 164 Å². The third kappa shape index (κ3) is 3.95. The maximum atomic E-state index is 12.2. The number of fused-ring (bicyclic) bond motifs is 1. The smallest absolute Gasteiger partial charge is 0.251 e. The molecule has 0 unspecified atom stereocenters. The van der Waals surface area contributed by atoms with E-state index in [-0.39, 0.29) is 19.1 Å². The Morgan fingerprint density at radius 1 is 1.41 bits per heavy atom. The van der Waals surface area contributed by atoms with Crippen LogP contribution in [0.5, 0.6) is 0 Å². The highest BCUT2D eigenvalue weighted by Gasteiger charge is 2.21. The number of aryl methyl sites for hydroxylation is 1. The van der Waals surface area contributed by atoms with Gasteiger partial charge in [-0.2, -0.15) is 5.26 Å². The number of hydrogen-bond donors (Lipinski definition) is 1. The van der Waals surface area contributed by atoms with E-state index >= 15 is 0 Å². The summed E-state index contributed by atoms with van der Waals surface area (Å²) in [5, 5.41) is 18.8. The van der Waals surface area contributed by atoms with E-state index in [1.54, 1.807) is 11.3 Å². The first kappa shape index (κ1) is 17.9. The number of thiophene rings is 2. The molecule has 1 aliphatic carbocycles. The van der Waals surface area contributed by atoms with Gasteiger partial charge >= 0.3 is 0 Å². The fraction of sp³-hybridized carbons (Fsp3) is 0.316. The molecule has 1 amide bonds. The number of anilines is 1. The molecule has 0 fully saturated rings. The van der Waals surface area contributed by atoms with E-state index in [1.807, 2.05) is 23.6 Å². The third-order valence-corrected chi connectivity index (χ3v) is 6.43. The minimum absolute atomic E-state index is 0.103. The van der Waals surface area contributed by atoms with Gasteiger partial charge in [0.2, 0.25) is 0 Å². The summed E-state index contributed by atoms with van der Waals surface area (Å²) in [5.74, 6) is 0.419. The van der Waals surface area contributed by atoms with Crippen LogP contribution in [0.1, 0.15) is 34.5 Å². The molecule has 0 radical (unpaired) electrons. The normalized spacial score (nSPS) is 13.1. The van der Waals surface area contributed by atoms with Crippen LogP contribution in [0.15, 0.2) is 28.1 Å². The first-order valence-corrected chi connectivity index (χ1v) is 10.4. The second-order valence-corrected chi connectivity index (χ2v) is 8.28. The molecule has 138 valence electrons. The zero-order valence-electron chi connectivity index (χ0n) is 14.5. The number of nitriles is 1. The maximum absolute atomic E-state index is 12.2. The minimum Gasteiger partial charge on any atom is -0.365 e. The molecule has 1 N–H and O–H groups in total. The lowest BCUT2D eigenvalue weighted by molar-refractivity contribution is -0.121. The van der Waals surface area contributed by atoms with Gasteiger partial charge in [0.1, 0.15) is 23.4 Å². The number of carbonyl (C=O) groups excluding carboxylic acids is 1. The molecule has 0 atom stereocenters. The monoisotopic (exact) mass is 399 g/mol. The summed E-state index contributed by atoms with van der Waals surface area (Å²) in [7, 11) is 0. The van der Waals surface area contributed by atoms with Crippen molar-refractivity contribution in [2.45, 2.75) is 32.3 Å². The highest BCUT2D eigenvalue weighted by atomic mass is 32.1. The van der Waals surface area contributed by atoms with E-state index in [4.69, 9.17) is 9.26 Å². The zero-order valence-corrected chi connectivity index (χ0v) is 16.1. The average Bonchev–Trinajstić information content (AvgIpc) is 3.40. The molecule has 0 saturated heterocycles. The number of nitrogens with zero attached hydrogens (tertiary/aromatic N) is 2. The van der Waals surface area contributed by atoms with E-state index in [0.717, 1.165) is 36.1 Å². The summed E-state index contributed by atoms with van der Waals surface area (Å²) in [6, 6.07) is 7.95. The van der Waals surface area contributed by atoms with Crippen molar-refractivity contribution in [3.8, 4) is 16.7 Å². The van der Waals surface area contributed by atoms with Gasteiger partial charge in [-0.1, -0.05) is 11.2 Å². The van der Waals surface area contributed by atoms with Gasteiger partial charge in [0.15, 0.2) is 5.76 Å². The van der Waals surface area contributed by atoms with Crippen LogP contribution in [0.25, 0.3) is 10.6 Å². The van der Waals surface area contributed by atoms with Crippen LogP contribution in [0, 0.1) is 11.3 Å². The molecule has 3 aromatic heterocycles. The van der Waals surface area contributed by atoms with Gasteiger partial charge in [-0.25, -0.2) is 0 Å². The standard InChI is InChI=1S/C19H17N3O3S2/c20-9-14-13-4-1-2-5-16(13)27-19(14)21-18(23)11-24-10-12-8-15(25-22-12)17-6-3-7-26-17/h3,6-8H,1-2,4-5,10-11H2,(H,21,23). The Morgan fingerprint density at radius 3 is 3.11 bits per heavy atom. The van der Waals surface area contributed by atoms with Crippen molar-refractivity contribution in [3.63, 3.8) is 0 Å². The van der Waals surface area contributed by atoms with Crippen LogP contribution in [-0.4, -0.2) is 17.7 Å². The summed E-state index contributed by atoms with van der Waals surface area (Å²) < 4.78 is 10.7. The molecule has 8 heteroatoms. The predicted octanol–water partition coefficient (Wildman–Crippen LogP) is 4.37. The van der Waals surface area contributed by atoms with Crippen LogP contribution in [-0.2, 0) is 29.0 Å². The largest absolute Gasteiger partial charge is 0.365 e. The first-order chi connectivity index (χ1) is 13.2. The number of rotatable bonds is 6. The highest BCUT2D eigenvalue weighted by Crippen LogP contribution is 2.37. The van der Waals surface area contributed by atoms with Gasteiger partial charge in [-0.3, -0.25) is 4.79 Å². The molecule has 3 aromatic rings. The maximum Gasteiger partial charge on any atom is 0.251 e. The molecule has 0 aliphatic heterocycles. The minimum atomic E-state index is -0.271. The Morgan fingerprint density at radius 2 is 2.30 bits per heavy atom. The Balaban J connectivity index is 1.32. The van der Waals surface area contributed by atoms with E-state index in [2.05, 4.69) is 16.5 Å². The lowest BCUT2D eigenvalue weighted by Crippen LogP contribution is -2.18. The number of carbonyl (C=O) groups is 1. The molecule has 27 heavy (non-hydrogen) atoms. The van der Waals surface area contributed by atoms with E-state index in [9.17, 15) is 10.1 Å². The molecule has 3 heterocycles. The van der Waals surface area contributed by atoms with Crippen molar-refractivity contribution in [1.29, 1.82) is 5.26 Å². The van der Waals surface area contributed by atoms with Crippen molar-refractivity contribution < 1.29 is 14.1 Å². The molecule has 0 spiro atoms. The first-order valence-electron chi connectivity index (χ1n) is 8.66. The van der Waals surface area contributed by atoms with Gasteiger partial charge in [0.25, 0.3) is 5.91 Å². The van der Waals surface area contributed by atoms with E-state index in [1.165, 1.54) is 16.2 Å². The van der Waals surface area contributed by atoms with Crippen LogP contribution < -0.4 is 5.32 Å². The predicted molar refractivity (Wildman–Crippen MR) is 104 cm³/mol. The fourth-order valence-electron chi connectivity index (χ4n) is 3.10. The molecule has 0 aromatic carbocycles. The highest BCUT2D eigenvalue weighted by molar-refractivity contribution is 7.16. The third-order valence-electron chi connectivity index (χ3n) is 4.34. The lowest BCUT2D eigenvalue weighted by atomic mass is 9.96. The molecule has 0 saturated carbocycles. The molecular formula is C19H17N3O3S2. The SMILES string of the molecule is N#Cc1c(NC(=O)COCc2cc(-c3cccs3)on2)sc2c1CCCC2. The van der Waals surface area contributed by atoms with Crippen LogP contribution in [0.3, 0.4) is 0 Å². The quantitative estimate of drug-likeness (QED) is 0.665. The van der Waals surface area contributed by atoms with Gasteiger partial charge < -0.3 is 14.6 Å². The molecule has 0 bridgehead atoms. The molecule has 6 nitrogen and oxygen atoms in total. The number of amides is 1. The van der Waals surface area contributed by atoms with Crippen molar-refractivity contribution in [1.82, 2.24) is 5.16 Å². The summed E-state index contributed by atoms with van der Waals surface area (Å²) in [5.41, 5.74) is 2.35. The average molecular weight is 399 g/mol. The number of nitrogens with one attached hydrogen (secondary N) is 1. The Hall–Kier alpha value is -2.47. The van der Waals surface area contributed by atoms with E-state index in [0.29, 0.717) is 22.0 Å². The van der Waals surface area contributed by atoms with Gasteiger partial charge in [-0.15, -0.1) is 22.7 Å². The number of aromatic nitrogens is 1. The van der Waals surface area contributed by atoms with Crippen LogP contribution in [0.4, 0.5) is 5.00 Å². The zero-order chi connectivity index (χ0) is 18.6. The topological polar surface area (TPSA) is 88.2 Å². The summed E-state index contributed by atoms with van der Waals surface area (Å²) in [6.45, 7) is 0.0863. The second kappa shape index (κ2) is 8.05. The van der Waals surface area contributed by atoms with Crippen molar-refractivity contribution >= 4 is 33.6 Å². The number of ether oxygens (including phenoxy) is 1. The van der Waals surface area contributed by atoms with Crippen molar-refractivity contribution in [2.75, 3.05) is 11.9 Å². The summed E-state index contributed by atoms with van der Waals surface area (Å²) in [4.78, 5) is 14.4. The van der Waals surface area contributed by atoms with Gasteiger partial charge in [-0.05, 0) is 42.7 Å². The fourth-order valence-corrected chi connectivity index (χ4v) is 5.03. The van der Waals surface area contributed by atoms with Crippen LogP contribution >= 0.6 is 22.7 Å². The molecular weight excluding hydrogens is 382 g/mol. The Bertz CT molecular complexity index is 983. The van der Waals surface area contributed by atoms with Gasteiger partial charge in [0.05, 0.1) is 17.0 Å². The summed E-state index contributed by atoms with van der Waals surface area (Å²) in [6.07, 6.45) is 4.14. The summed E-state index contributed by atoms with van der Waals surface area (Å²) >= 11 is 3.08. The Kier molecular flexibility index (Phi) is 5.34.